The predicted octanol–water partition coefficient (Wildman–Crippen LogP) is 6.59. The lowest BCUT2D eigenvalue weighted by atomic mass is 9.86. The van der Waals surface area contributed by atoms with Crippen LogP contribution in [-0.2, 0) is 0 Å². The lowest BCUT2D eigenvalue weighted by Gasteiger charge is -2.17. The molecule has 0 aliphatic rings. The second-order valence-electron chi connectivity index (χ2n) is 7.24. The van der Waals surface area contributed by atoms with Gasteiger partial charge in [0.15, 0.2) is 11.6 Å². The number of carbonyl (C=O) groups excluding carboxylic acids is 2. The highest BCUT2D eigenvalue weighted by atomic mass is 35.5. The molecule has 28 heavy (non-hydrogen) atoms. The molecule has 0 aromatic heterocycles. The molecule has 0 aliphatic carbocycles. The summed E-state index contributed by atoms with van der Waals surface area (Å²) in [5, 5.41) is 0.636. The van der Waals surface area contributed by atoms with Gasteiger partial charge >= 0.3 is 0 Å². The third-order valence-electron chi connectivity index (χ3n) is 4.95. The van der Waals surface area contributed by atoms with Crippen LogP contribution >= 0.6 is 11.6 Å². The van der Waals surface area contributed by atoms with E-state index in [1.165, 1.54) is 0 Å². The number of hydrogen-bond donors (Lipinski definition) is 0. The van der Waals surface area contributed by atoms with E-state index in [2.05, 4.69) is 0 Å². The molecule has 0 aliphatic heterocycles. The van der Waals surface area contributed by atoms with Gasteiger partial charge in [-0.25, -0.2) is 0 Å². The fourth-order valence-electron chi connectivity index (χ4n) is 3.21. The molecule has 0 N–H and O–H groups in total. The molecule has 0 heterocycles. The Bertz CT molecular complexity index is 895. The molecule has 3 aromatic rings. The highest BCUT2D eigenvalue weighted by Gasteiger charge is 2.21. The van der Waals surface area contributed by atoms with E-state index in [-0.39, 0.29) is 30.3 Å². The minimum absolute atomic E-state index is 0.0386. The van der Waals surface area contributed by atoms with Crippen molar-refractivity contribution in [1.82, 2.24) is 0 Å². The molecule has 0 unspecified atom stereocenters. The van der Waals surface area contributed by atoms with E-state index in [4.69, 9.17) is 11.6 Å². The van der Waals surface area contributed by atoms with Gasteiger partial charge in [0, 0.05) is 29.0 Å². The number of Topliss-reactive ketones (excluding diaryl/α,β-unsaturated/α-hetero) is 2. The fraction of sp³-hybridized carbons (Fsp3) is 0.200. The van der Waals surface area contributed by atoms with Crippen molar-refractivity contribution < 1.29 is 9.59 Å². The molecule has 0 fully saturated rings. The van der Waals surface area contributed by atoms with E-state index < -0.39 is 0 Å². The normalized spacial score (nSPS) is 10.9. The van der Waals surface area contributed by atoms with Gasteiger partial charge in [-0.3, -0.25) is 9.59 Å². The van der Waals surface area contributed by atoms with Gasteiger partial charge in [-0.2, -0.15) is 0 Å². The highest BCUT2D eigenvalue weighted by molar-refractivity contribution is 6.30. The largest absolute Gasteiger partial charge is 0.294 e. The van der Waals surface area contributed by atoms with Crippen molar-refractivity contribution in [2.75, 3.05) is 0 Å². The first-order valence-electron chi connectivity index (χ1n) is 9.37. The van der Waals surface area contributed by atoms with Crippen LogP contribution in [-0.4, -0.2) is 11.6 Å². The minimum Gasteiger partial charge on any atom is -0.294 e. The monoisotopic (exact) mass is 390 g/mol. The molecule has 0 atom stereocenters. The molecule has 3 rings (SSSR count). The molecular weight excluding hydrogens is 368 g/mol. The van der Waals surface area contributed by atoms with Crippen LogP contribution in [0.15, 0.2) is 72.8 Å². The maximum atomic E-state index is 12.8. The first-order valence-corrected chi connectivity index (χ1v) is 9.75. The first-order chi connectivity index (χ1) is 13.4. The lowest BCUT2D eigenvalue weighted by Crippen LogP contribution is -2.13. The molecule has 0 saturated carbocycles. The SMILES string of the molecule is Cc1ccc(C(=O)CC(CC(=O)c2ccc(C)cc2)c2ccc(Cl)cc2)cc1. The summed E-state index contributed by atoms with van der Waals surface area (Å²) in [6, 6.07) is 22.5. The quantitative estimate of drug-likeness (QED) is 0.426. The van der Waals surface area contributed by atoms with Gasteiger partial charge in [-0.05, 0) is 37.5 Å². The van der Waals surface area contributed by atoms with E-state index in [1.807, 2.05) is 74.5 Å². The number of ketones is 2. The summed E-state index contributed by atoms with van der Waals surface area (Å²) in [6.45, 7) is 3.98. The zero-order valence-corrected chi connectivity index (χ0v) is 16.9. The zero-order chi connectivity index (χ0) is 20.1. The summed E-state index contributed by atoms with van der Waals surface area (Å²) in [5.41, 5.74) is 4.52. The number of hydrogen-bond acceptors (Lipinski definition) is 2. The first kappa shape index (κ1) is 20.0. The number of carbonyl (C=O) groups is 2. The van der Waals surface area contributed by atoms with Crippen molar-refractivity contribution in [2.45, 2.75) is 32.6 Å². The van der Waals surface area contributed by atoms with E-state index in [0.29, 0.717) is 16.1 Å². The van der Waals surface area contributed by atoms with Gasteiger partial charge < -0.3 is 0 Å². The van der Waals surface area contributed by atoms with Gasteiger partial charge in [0.25, 0.3) is 0 Å². The fourth-order valence-corrected chi connectivity index (χ4v) is 3.33. The Morgan fingerprint density at radius 3 is 1.46 bits per heavy atom. The van der Waals surface area contributed by atoms with Crippen LogP contribution in [0.4, 0.5) is 0 Å². The van der Waals surface area contributed by atoms with Gasteiger partial charge in [0.05, 0.1) is 0 Å². The summed E-state index contributed by atoms with van der Waals surface area (Å²) >= 11 is 6.02. The topological polar surface area (TPSA) is 34.1 Å². The summed E-state index contributed by atoms with van der Waals surface area (Å²) < 4.78 is 0. The van der Waals surface area contributed by atoms with Crippen LogP contribution < -0.4 is 0 Å². The molecule has 0 spiro atoms. The van der Waals surface area contributed by atoms with Crippen LogP contribution in [0, 0.1) is 13.8 Å². The van der Waals surface area contributed by atoms with Gasteiger partial charge in [0.2, 0.25) is 0 Å². The van der Waals surface area contributed by atoms with Crippen LogP contribution in [0.25, 0.3) is 0 Å². The smallest absolute Gasteiger partial charge is 0.163 e. The van der Waals surface area contributed by atoms with Crippen LogP contribution in [0.2, 0.25) is 5.02 Å². The molecule has 3 aromatic carbocycles. The molecule has 142 valence electrons. The Hall–Kier alpha value is -2.71. The van der Waals surface area contributed by atoms with Crippen LogP contribution in [0.5, 0.6) is 0 Å². The Balaban J connectivity index is 1.83. The molecule has 0 bridgehead atoms. The van der Waals surface area contributed by atoms with Crippen molar-refractivity contribution in [3.8, 4) is 0 Å². The average molecular weight is 391 g/mol. The van der Waals surface area contributed by atoms with Crippen LogP contribution in [0.1, 0.15) is 56.2 Å². The second-order valence-corrected chi connectivity index (χ2v) is 7.67. The zero-order valence-electron chi connectivity index (χ0n) is 16.1. The molecule has 0 saturated heterocycles. The van der Waals surface area contributed by atoms with Crippen molar-refractivity contribution >= 4 is 23.2 Å². The molecular formula is C25H23ClO2. The van der Waals surface area contributed by atoms with Gasteiger partial charge in [0.1, 0.15) is 0 Å². The van der Waals surface area contributed by atoms with Crippen molar-refractivity contribution in [2.24, 2.45) is 0 Å². The Morgan fingerprint density at radius 2 is 1.07 bits per heavy atom. The van der Waals surface area contributed by atoms with E-state index in [0.717, 1.165) is 16.7 Å². The van der Waals surface area contributed by atoms with Gasteiger partial charge in [-0.1, -0.05) is 83.4 Å². The predicted molar refractivity (Wildman–Crippen MR) is 114 cm³/mol. The lowest BCUT2D eigenvalue weighted by molar-refractivity contribution is 0.0944. The number of aryl methyl sites for hydroxylation is 2. The highest BCUT2D eigenvalue weighted by Crippen LogP contribution is 2.28. The van der Waals surface area contributed by atoms with Crippen molar-refractivity contribution in [3.63, 3.8) is 0 Å². The summed E-state index contributed by atoms with van der Waals surface area (Å²) in [6.07, 6.45) is 0.560. The molecule has 2 nitrogen and oxygen atoms in total. The van der Waals surface area contributed by atoms with E-state index in [1.54, 1.807) is 12.1 Å². The summed E-state index contributed by atoms with van der Waals surface area (Å²) in [5.74, 6) is -0.117. The summed E-state index contributed by atoms with van der Waals surface area (Å²) in [7, 11) is 0. The van der Waals surface area contributed by atoms with E-state index >= 15 is 0 Å². The third-order valence-corrected chi connectivity index (χ3v) is 5.20. The second kappa shape index (κ2) is 8.99. The number of rotatable bonds is 7. The van der Waals surface area contributed by atoms with Crippen molar-refractivity contribution in [1.29, 1.82) is 0 Å². The molecule has 3 heteroatoms. The number of benzene rings is 3. The van der Waals surface area contributed by atoms with Crippen LogP contribution in [0.3, 0.4) is 0 Å². The third kappa shape index (κ3) is 5.17. The van der Waals surface area contributed by atoms with Crippen molar-refractivity contribution in [3.05, 3.63) is 106 Å². The van der Waals surface area contributed by atoms with Gasteiger partial charge in [-0.15, -0.1) is 0 Å². The number of halogens is 1. The average Bonchev–Trinajstić information content (AvgIpc) is 2.69. The maximum absolute atomic E-state index is 12.8. The Morgan fingerprint density at radius 1 is 0.679 bits per heavy atom. The molecule has 0 radical (unpaired) electrons. The Kier molecular flexibility index (Phi) is 6.43. The maximum Gasteiger partial charge on any atom is 0.163 e. The molecule has 0 amide bonds. The summed E-state index contributed by atoms with van der Waals surface area (Å²) in [4.78, 5) is 25.7. The Labute approximate surface area is 171 Å². The minimum atomic E-state index is -0.195. The van der Waals surface area contributed by atoms with E-state index in [9.17, 15) is 9.59 Å². The standard InChI is InChI=1S/C25H23ClO2/c1-17-3-7-20(8-4-17)24(27)15-22(19-11-13-23(26)14-12-19)16-25(28)21-9-5-18(2)6-10-21/h3-14,22H,15-16H2,1-2H3.